The predicted octanol–water partition coefficient (Wildman–Crippen LogP) is 2.32. The van der Waals surface area contributed by atoms with Gasteiger partial charge in [-0.15, -0.1) is 0 Å². The minimum atomic E-state index is 0.869. The van der Waals surface area contributed by atoms with Crippen LogP contribution in [0, 0.1) is 0 Å². The van der Waals surface area contributed by atoms with Crippen molar-refractivity contribution in [1.82, 2.24) is 5.32 Å². The number of rotatable bonds is 0. The van der Waals surface area contributed by atoms with Crippen LogP contribution in [0.3, 0.4) is 0 Å². The number of allylic oxidation sites excluding steroid dienone is 1. The van der Waals surface area contributed by atoms with Crippen LogP contribution in [-0.2, 0) is 6.54 Å². The monoisotopic (exact) mass is 157 g/mol. The molecule has 0 aromatic heterocycles. The lowest BCUT2D eigenvalue weighted by Gasteiger charge is -2.21. The first-order valence-electron chi connectivity index (χ1n) is 3.99. The van der Waals surface area contributed by atoms with E-state index in [4.69, 9.17) is 0 Å². The summed E-state index contributed by atoms with van der Waals surface area (Å²) < 4.78 is 0. The number of hydrogen-bond donors (Lipinski definition) is 1. The largest absolute Gasteiger partial charge is 0.381 e. The first-order valence-corrected chi connectivity index (χ1v) is 3.99. The van der Waals surface area contributed by atoms with Crippen LogP contribution in [-0.4, -0.2) is 0 Å². The lowest BCUT2D eigenvalue weighted by molar-refractivity contribution is 0.819. The van der Waals surface area contributed by atoms with Crippen LogP contribution in [0.15, 0.2) is 43.1 Å². The lowest BCUT2D eigenvalue weighted by atomic mass is 9.95. The van der Waals surface area contributed by atoms with Crippen LogP contribution in [0.2, 0.25) is 0 Å². The van der Waals surface area contributed by atoms with Crippen LogP contribution in [0.4, 0.5) is 0 Å². The summed E-state index contributed by atoms with van der Waals surface area (Å²) in [6, 6.07) is 8.27. The van der Waals surface area contributed by atoms with E-state index in [9.17, 15) is 0 Å². The Balaban J connectivity index is 2.56. The molecular formula is C11H11N. The fourth-order valence-corrected chi connectivity index (χ4v) is 1.44. The molecule has 0 spiro atoms. The van der Waals surface area contributed by atoms with Crippen LogP contribution in [0.25, 0.3) is 5.57 Å². The van der Waals surface area contributed by atoms with Crippen molar-refractivity contribution < 1.29 is 0 Å². The number of benzene rings is 1. The van der Waals surface area contributed by atoms with Crippen LogP contribution in [0.1, 0.15) is 11.1 Å². The van der Waals surface area contributed by atoms with Crippen LogP contribution >= 0.6 is 0 Å². The number of fused-ring (bicyclic) bond motifs is 1. The quantitative estimate of drug-likeness (QED) is 0.609. The zero-order chi connectivity index (χ0) is 8.55. The normalized spacial score (nSPS) is 15.3. The SMILES string of the molecule is C=C1NCc2ccccc2C1=C. The van der Waals surface area contributed by atoms with Gasteiger partial charge in [0.15, 0.2) is 0 Å². The van der Waals surface area contributed by atoms with E-state index in [1.54, 1.807) is 0 Å². The van der Waals surface area contributed by atoms with Crippen LogP contribution in [0.5, 0.6) is 0 Å². The summed E-state index contributed by atoms with van der Waals surface area (Å²) in [5.41, 5.74) is 4.47. The van der Waals surface area contributed by atoms with Crippen molar-refractivity contribution in [3.8, 4) is 0 Å². The van der Waals surface area contributed by atoms with E-state index >= 15 is 0 Å². The van der Waals surface area contributed by atoms with Gasteiger partial charge in [-0.2, -0.15) is 0 Å². The first-order chi connectivity index (χ1) is 5.79. The van der Waals surface area contributed by atoms with E-state index < -0.39 is 0 Å². The molecule has 1 heteroatoms. The molecule has 1 N–H and O–H groups in total. The second-order valence-corrected chi connectivity index (χ2v) is 2.97. The number of nitrogens with one attached hydrogen (secondary N) is 1. The zero-order valence-corrected chi connectivity index (χ0v) is 6.93. The van der Waals surface area contributed by atoms with E-state index in [1.165, 1.54) is 11.1 Å². The summed E-state index contributed by atoms with van der Waals surface area (Å²) in [6.45, 7) is 8.73. The van der Waals surface area contributed by atoms with E-state index in [1.807, 2.05) is 12.1 Å². The van der Waals surface area contributed by atoms with Gasteiger partial charge in [-0.05, 0) is 16.7 Å². The smallest absolute Gasteiger partial charge is 0.0406 e. The molecule has 0 radical (unpaired) electrons. The number of hydrogen-bond acceptors (Lipinski definition) is 1. The van der Waals surface area contributed by atoms with E-state index in [0.717, 1.165) is 17.8 Å². The van der Waals surface area contributed by atoms with Crippen molar-refractivity contribution in [3.63, 3.8) is 0 Å². The molecule has 0 saturated carbocycles. The molecule has 0 aliphatic carbocycles. The van der Waals surface area contributed by atoms with Crippen molar-refractivity contribution >= 4 is 5.57 Å². The standard InChI is InChI=1S/C11H11N/c1-8-9(2)12-7-10-5-3-4-6-11(8)10/h3-6,12H,1-2,7H2. The zero-order valence-electron chi connectivity index (χ0n) is 6.93. The van der Waals surface area contributed by atoms with Crippen molar-refractivity contribution in [3.05, 3.63) is 54.2 Å². The van der Waals surface area contributed by atoms with Gasteiger partial charge < -0.3 is 5.32 Å². The fraction of sp³-hybridized carbons (Fsp3) is 0.0909. The molecule has 0 atom stereocenters. The Morgan fingerprint density at radius 2 is 1.92 bits per heavy atom. The summed E-state index contributed by atoms with van der Waals surface area (Å²) in [4.78, 5) is 0. The van der Waals surface area contributed by atoms with Crippen LogP contribution < -0.4 is 5.32 Å². The fourth-order valence-electron chi connectivity index (χ4n) is 1.44. The van der Waals surface area contributed by atoms with Gasteiger partial charge in [0.25, 0.3) is 0 Å². The highest BCUT2D eigenvalue weighted by Gasteiger charge is 2.12. The van der Waals surface area contributed by atoms with Gasteiger partial charge in [-0.3, -0.25) is 0 Å². The minimum Gasteiger partial charge on any atom is -0.381 e. The van der Waals surface area contributed by atoms with Gasteiger partial charge in [0.05, 0.1) is 0 Å². The van der Waals surface area contributed by atoms with Gasteiger partial charge in [-0.25, -0.2) is 0 Å². The highest BCUT2D eigenvalue weighted by atomic mass is 14.9. The molecular weight excluding hydrogens is 146 g/mol. The Morgan fingerprint density at radius 3 is 2.75 bits per heavy atom. The second-order valence-electron chi connectivity index (χ2n) is 2.97. The van der Waals surface area contributed by atoms with Crippen molar-refractivity contribution in [2.45, 2.75) is 6.54 Å². The van der Waals surface area contributed by atoms with Gasteiger partial charge in [0.2, 0.25) is 0 Å². The Bertz CT molecular complexity index is 350. The van der Waals surface area contributed by atoms with Gasteiger partial charge >= 0.3 is 0 Å². The molecule has 0 bridgehead atoms. The maximum absolute atomic E-state index is 3.97. The third-order valence-electron chi connectivity index (χ3n) is 2.20. The molecule has 0 fully saturated rings. The summed E-state index contributed by atoms with van der Waals surface area (Å²) in [7, 11) is 0. The molecule has 1 heterocycles. The Labute approximate surface area is 72.4 Å². The summed E-state index contributed by atoms with van der Waals surface area (Å²) >= 11 is 0. The highest BCUT2D eigenvalue weighted by molar-refractivity contribution is 5.79. The van der Waals surface area contributed by atoms with Crippen molar-refractivity contribution in [1.29, 1.82) is 0 Å². The topological polar surface area (TPSA) is 12.0 Å². The Morgan fingerprint density at radius 1 is 1.17 bits per heavy atom. The maximum Gasteiger partial charge on any atom is 0.0406 e. The Hall–Kier alpha value is -1.50. The molecule has 1 aromatic carbocycles. The third kappa shape index (κ3) is 0.944. The third-order valence-corrected chi connectivity index (χ3v) is 2.20. The maximum atomic E-state index is 3.97. The first kappa shape index (κ1) is 7.17. The Kier molecular flexibility index (Phi) is 1.51. The molecule has 0 saturated heterocycles. The molecule has 1 aromatic rings. The molecule has 1 nitrogen and oxygen atoms in total. The highest BCUT2D eigenvalue weighted by Crippen LogP contribution is 2.26. The van der Waals surface area contributed by atoms with Gasteiger partial charge in [-0.1, -0.05) is 37.4 Å². The second kappa shape index (κ2) is 2.52. The summed E-state index contributed by atoms with van der Waals surface area (Å²) in [5.74, 6) is 0. The molecule has 2 rings (SSSR count). The van der Waals surface area contributed by atoms with E-state index in [2.05, 4.69) is 30.6 Å². The molecule has 0 unspecified atom stereocenters. The molecule has 0 amide bonds. The molecule has 1 aliphatic rings. The summed E-state index contributed by atoms with van der Waals surface area (Å²) in [5, 5.41) is 3.19. The minimum absolute atomic E-state index is 0.869. The van der Waals surface area contributed by atoms with Crippen molar-refractivity contribution in [2.75, 3.05) is 0 Å². The predicted molar refractivity (Wildman–Crippen MR) is 51.5 cm³/mol. The average Bonchev–Trinajstić information content (AvgIpc) is 2.12. The lowest BCUT2D eigenvalue weighted by Crippen LogP contribution is -2.19. The molecule has 60 valence electrons. The van der Waals surface area contributed by atoms with E-state index in [0.29, 0.717) is 0 Å². The average molecular weight is 157 g/mol. The molecule has 12 heavy (non-hydrogen) atoms. The van der Waals surface area contributed by atoms with E-state index in [-0.39, 0.29) is 0 Å². The summed E-state index contributed by atoms with van der Waals surface area (Å²) in [6.07, 6.45) is 0. The van der Waals surface area contributed by atoms with Gasteiger partial charge in [0, 0.05) is 12.2 Å². The molecule has 1 aliphatic heterocycles. The van der Waals surface area contributed by atoms with Gasteiger partial charge in [0.1, 0.15) is 0 Å². The van der Waals surface area contributed by atoms with Crippen molar-refractivity contribution in [2.24, 2.45) is 0 Å².